The summed E-state index contributed by atoms with van der Waals surface area (Å²) < 4.78 is 28.6. The number of ether oxygens (including phenoxy) is 3. The largest absolute Gasteiger partial charge is 0.493 e. The van der Waals surface area contributed by atoms with E-state index in [1.54, 1.807) is 31.4 Å². The molecule has 0 saturated carbocycles. The highest BCUT2D eigenvalue weighted by Crippen LogP contribution is 2.27. The fourth-order valence-electron chi connectivity index (χ4n) is 2.43. The van der Waals surface area contributed by atoms with Crippen molar-refractivity contribution in [3.63, 3.8) is 0 Å². The van der Waals surface area contributed by atoms with Gasteiger partial charge in [0.25, 0.3) is 5.91 Å². The molecule has 0 aromatic heterocycles. The lowest BCUT2D eigenvalue weighted by Gasteiger charge is -2.14. The topological polar surface area (TPSA) is 73.9 Å². The minimum atomic E-state index is -0.966. The molecule has 0 spiro atoms. The van der Waals surface area contributed by atoms with Crippen molar-refractivity contribution in [2.45, 2.75) is 26.0 Å². The van der Waals surface area contributed by atoms with Gasteiger partial charge in [-0.3, -0.25) is 9.59 Å². The molecular formula is C20H22FNO5. The smallest absolute Gasteiger partial charge is 0.311 e. The maximum Gasteiger partial charge on any atom is 0.311 e. The lowest BCUT2D eigenvalue weighted by atomic mass is 10.1. The van der Waals surface area contributed by atoms with E-state index in [2.05, 4.69) is 5.32 Å². The van der Waals surface area contributed by atoms with E-state index in [1.165, 1.54) is 32.2 Å². The SMILES string of the molecule is COc1ccc(CNC(=O)[C@H](C)OC(=O)Cc2cccc(F)c2)cc1OC. The first-order valence-electron chi connectivity index (χ1n) is 8.35. The second kappa shape index (κ2) is 9.56. The Morgan fingerprint density at radius 2 is 1.78 bits per heavy atom. The Morgan fingerprint density at radius 1 is 1.04 bits per heavy atom. The number of hydrogen-bond acceptors (Lipinski definition) is 5. The molecular weight excluding hydrogens is 353 g/mol. The summed E-state index contributed by atoms with van der Waals surface area (Å²) in [6.07, 6.45) is -1.07. The summed E-state index contributed by atoms with van der Waals surface area (Å²) in [7, 11) is 3.07. The van der Waals surface area contributed by atoms with Crippen LogP contribution in [0.4, 0.5) is 4.39 Å². The number of carbonyl (C=O) groups is 2. The Labute approximate surface area is 157 Å². The van der Waals surface area contributed by atoms with Gasteiger partial charge in [0.05, 0.1) is 20.6 Å². The van der Waals surface area contributed by atoms with Gasteiger partial charge in [-0.15, -0.1) is 0 Å². The molecule has 27 heavy (non-hydrogen) atoms. The molecule has 1 atom stereocenters. The lowest BCUT2D eigenvalue weighted by molar-refractivity contribution is -0.154. The van der Waals surface area contributed by atoms with Gasteiger partial charge in [0, 0.05) is 6.54 Å². The van der Waals surface area contributed by atoms with Crippen molar-refractivity contribution >= 4 is 11.9 Å². The average molecular weight is 375 g/mol. The molecule has 7 heteroatoms. The molecule has 2 rings (SSSR count). The predicted molar refractivity (Wildman–Crippen MR) is 97.1 cm³/mol. The molecule has 0 aliphatic carbocycles. The number of carbonyl (C=O) groups excluding carboxylic acids is 2. The maximum absolute atomic E-state index is 13.1. The Kier molecular flexibility index (Phi) is 7.16. The number of esters is 1. The molecule has 0 fully saturated rings. The number of rotatable bonds is 8. The van der Waals surface area contributed by atoms with Gasteiger partial charge in [0.15, 0.2) is 17.6 Å². The van der Waals surface area contributed by atoms with Gasteiger partial charge in [-0.2, -0.15) is 0 Å². The summed E-state index contributed by atoms with van der Waals surface area (Å²) in [6.45, 7) is 1.72. The molecule has 0 unspecified atom stereocenters. The third-order valence-electron chi connectivity index (χ3n) is 3.83. The zero-order chi connectivity index (χ0) is 19.8. The number of nitrogens with one attached hydrogen (secondary N) is 1. The van der Waals surface area contributed by atoms with Crippen LogP contribution in [0.15, 0.2) is 42.5 Å². The van der Waals surface area contributed by atoms with Crippen molar-refractivity contribution < 1.29 is 28.2 Å². The van der Waals surface area contributed by atoms with Crippen molar-refractivity contribution in [1.29, 1.82) is 0 Å². The molecule has 6 nitrogen and oxygen atoms in total. The fraction of sp³-hybridized carbons (Fsp3) is 0.300. The van der Waals surface area contributed by atoms with E-state index in [0.717, 1.165) is 5.56 Å². The van der Waals surface area contributed by atoms with Crippen LogP contribution in [0.25, 0.3) is 0 Å². The van der Waals surface area contributed by atoms with Crippen LogP contribution in [0.3, 0.4) is 0 Å². The van der Waals surface area contributed by atoms with Crippen LogP contribution in [0, 0.1) is 5.82 Å². The number of hydrogen-bond donors (Lipinski definition) is 1. The Balaban J connectivity index is 1.85. The van der Waals surface area contributed by atoms with E-state index in [-0.39, 0.29) is 13.0 Å². The van der Waals surface area contributed by atoms with Crippen LogP contribution in [-0.2, 0) is 27.3 Å². The van der Waals surface area contributed by atoms with Crippen LogP contribution in [0.5, 0.6) is 11.5 Å². The fourth-order valence-corrected chi connectivity index (χ4v) is 2.43. The van der Waals surface area contributed by atoms with Crippen molar-refractivity contribution in [3.8, 4) is 11.5 Å². The van der Waals surface area contributed by atoms with E-state index in [9.17, 15) is 14.0 Å². The predicted octanol–water partition coefficient (Wildman–Crippen LogP) is 2.63. The summed E-state index contributed by atoms with van der Waals surface area (Å²) >= 11 is 0. The second-order valence-electron chi connectivity index (χ2n) is 5.85. The van der Waals surface area contributed by atoms with Gasteiger partial charge in [-0.25, -0.2) is 4.39 Å². The maximum atomic E-state index is 13.1. The summed E-state index contributed by atoms with van der Waals surface area (Å²) in [4.78, 5) is 24.0. The van der Waals surface area contributed by atoms with Crippen LogP contribution in [-0.4, -0.2) is 32.2 Å². The highest BCUT2D eigenvalue weighted by Gasteiger charge is 2.18. The standard InChI is InChI=1S/C20H22FNO5/c1-13(27-19(23)11-14-5-4-6-16(21)9-14)20(24)22-12-15-7-8-17(25-2)18(10-15)26-3/h4-10,13H,11-12H2,1-3H3,(H,22,24)/t13-/m0/s1. The summed E-state index contributed by atoms with van der Waals surface area (Å²) in [6, 6.07) is 11.0. The number of halogens is 1. The van der Waals surface area contributed by atoms with E-state index >= 15 is 0 Å². The van der Waals surface area contributed by atoms with E-state index in [1.807, 2.05) is 0 Å². The van der Waals surface area contributed by atoms with Gasteiger partial charge in [0.1, 0.15) is 5.82 Å². The number of methoxy groups -OCH3 is 2. The van der Waals surface area contributed by atoms with Gasteiger partial charge in [-0.1, -0.05) is 18.2 Å². The monoisotopic (exact) mass is 375 g/mol. The first-order valence-corrected chi connectivity index (χ1v) is 8.35. The van der Waals surface area contributed by atoms with Gasteiger partial charge >= 0.3 is 5.97 Å². The Morgan fingerprint density at radius 3 is 2.44 bits per heavy atom. The van der Waals surface area contributed by atoms with Crippen molar-refractivity contribution in [2.75, 3.05) is 14.2 Å². The van der Waals surface area contributed by atoms with Crippen LogP contribution in [0.1, 0.15) is 18.1 Å². The first kappa shape index (κ1) is 20.2. The normalized spacial score (nSPS) is 11.4. The zero-order valence-corrected chi connectivity index (χ0v) is 15.5. The van der Waals surface area contributed by atoms with Gasteiger partial charge in [0.2, 0.25) is 0 Å². The highest BCUT2D eigenvalue weighted by atomic mass is 19.1. The third kappa shape index (κ3) is 5.99. The molecule has 1 N–H and O–H groups in total. The Hall–Kier alpha value is -3.09. The third-order valence-corrected chi connectivity index (χ3v) is 3.83. The first-order chi connectivity index (χ1) is 12.9. The molecule has 0 aliphatic rings. The quantitative estimate of drug-likeness (QED) is 0.718. The molecule has 2 aromatic rings. The second-order valence-corrected chi connectivity index (χ2v) is 5.85. The van der Waals surface area contributed by atoms with Crippen LogP contribution >= 0.6 is 0 Å². The molecule has 1 amide bonds. The number of benzene rings is 2. The highest BCUT2D eigenvalue weighted by molar-refractivity contribution is 5.83. The number of amides is 1. The molecule has 0 heterocycles. The molecule has 0 saturated heterocycles. The lowest BCUT2D eigenvalue weighted by Crippen LogP contribution is -2.35. The van der Waals surface area contributed by atoms with Crippen LogP contribution < -0.4 is 14.8 Å². The van der Waals surface area contributed by atoms with E-state index < -0.39 is 23.8 Å². The van der Waals surface area contributed by atoms with E-state index in [0.29, 0.717) is 17.1 Å². The average Bonchev–Trinajstić information content (AvgIpc) is 2.65. The van der Waals surface area contributed by atoms with Gasteiger partial charge < -0.3 is 19.5 Å². The van der Waals surface area contributed by atoms with E-state index in [4.69, 9.17) is 14.2 Å². The van der Waals surface area contributed by atoms with Crippen molar-refractivity contribution in [2.24, 2.45) is 0 Å². The molecule has 2 aromatic carbocycles. The molecule has 0 aliphatic heterocycles. The minimum absolute atomic E-state index is 0.106. The van der Waals surface area contributed by atoms with Crippen molar-refractivity contribution in [1.82, 2.24) is 5.32 Å². The Bertz CT molecular complexity index is 809. The summed E-state index contributed by atoms with van der Waals surface area (Å²) in [5, 5.41) is 2.69. The molecule has 0 radical (unpaired) electrons. The van der Waals surface area contributed by atoms with Crippen LogP contribution in [0.2, 0.25) is 0 Å². The zero-order valence-electron chi connectivity index (χ0n) is 15.5. The summed E-state index contributed by atoms with van der Waals surface area (Å²) in [5.74, 6) is -0.321. The minimum Gasteiger partial charge on any atom is -0.493 e. The van der Waals surface area contributed by atoms with Gasteiger partial charge in [-0.05, 0) is 42.3 Å². The molecule has 144 valence electrons. The van der Waals surface area contributed by atoms with Crippen molar-refractivity contribution in [3.05, 3.63) is 59.4 Å². The summed E-state index contributed by atoms with van der Waals surface area (Å²) in [5.41, 5.74) is 1.29. The molecule has 0 bridgehead atoms.